The minimum Gasteiger partial charge on any atom is -0.354 e. The molecule has 0 fully saturated rings. The normalized spacial score (nSPS) is 10.9. The van der Waals surface area contributed by atoms with Gasteiger partial charge in [0.05, 0.1) is 17.3 Å². The van der Waals surface area contributed by atoms with E-state index in [0.29, 0.717) is 17.4 Å². The van der Waals surface area contributed by atoms with Crippen LogP contribution in [0.4, 0.5) is 21.8 Å². The lowest BCUT2D eigenvalue weighted by molar-refractivity contribution is 0.628. The maximum Gasteiger partial charge on any atom is 0.226 e. The molecule has 0 aliphatic carbocycles. The summed E-state index contributed by atoms with van der Waals surface area (Å²) in [7, 11) is 0. The molecule has 4 aromatic rings. The fourth-order valence-corrected chi connectivity index (χ4v) is 2.75. The Labute approximate surface area is 156 Å². The fraction of sp³-hybridized carbons (Fsp3) is 0.150. The molecule has 0 atom stereocenters. The molecule has 0 amide bonds. The average molecular weight is 362 g/mol. The zero-order chi connectivity index (χ0) is 18.6. The molecule has 2 aromatic heterocycles. The van der Waals surface area contributed by atoms with Gasteiger partial charge in [-0.05, 0) is 42.8 Å². The molecule has 4 rings (SSSR count). The highest BCUT2D eigenvalue weighted by molar-refractivity contribution is 5.90. The zero-order valence-electron chi connectivity index (χ0n) is 14.9. The smallest absolute Gasteiger partial charge is 0.226 e. The zero-order valence-corrected chi connectivity index (χ0v) is 14.9. The second-order valence-electron chi connectivity index (χ2n) is 6.08. The van der Waals surface area contributed by atoms with Crippen molar-refractivity contribution in [2.45, 2.75) is 13.3 Å². The van der Waals surface area contributed by atoms with Gasteiger partial charge in [0.1, 0.15) is 11.6 Å². The van der Waals surface area contributed by atoms with Gasteiger partial charge in [0, 0.05) is 12.2 Å². The number of nitrogens with one attached hydrogen (secondary N) is 2. The van der Waals surface area contributed by atoms with Crippen molar-refractivity contribution in [1.29, 1.82) is 0 Å². The molecule has 27 heavy (non-hydrogen) atoms. The van der Waals surface area contributed by atoms with Crippen molar-refractivity contribution in [3.8, 4) is 5.69 Å². The Bertz CT molecular complexity index is 1040. The number of aromatic nitrogens is 4. The van der Waals surface area contributed by atoms with Crippen LogP contribution in [0, 0.1) is 5.82 Å². The van der Waals surface area contributed by atoms with Crippen molar-refractivity contribution < 1.29 is 4.39 Å². The maximum absolute atomic E-state index is 13.2. The van der Waals surface area contributed by atoms with Crippen LogP contribution in [-0.4, -0.2) is 26.3 Å². The lowest BCUT2D eigenvalue weighted by Gasteiger charge is -2.10. The number of anilines is 3. The van der Waals surface area contributed by atoms with E-state index in [1.165, 1.54) is 12.1 Å². The number of fused-ring (bicyclic) bond motifs is 1. The summed E-state index contributed by atoms with van der Waals surface area (Å²) in [4.78, 5) is 9.23. The van der Waals surface area contributed by atoms with Gasteiger partial charge in [-0.3, -0.25) is 0 Å². The third-order valence-electron chi connectivity index (χ3n) is 4.07. The first-order valence-corrected chi connectivity index (χ1v) is 8.82. The molecule has 2 N–H and O–H groups in total. The number of benzene rings is 2. The minimum atomic E-state index is -0.282. The lowest BCUT2D eigenvalue weighted by atomic mass is 10.3. The molecular weight excluding hydrogens is 343 g/mol. The molecule has 0 saturated carbocycles. The highest BCUT2D eigenvalue weighted by Gasteiger charge is 2.14. The molecule has 0 saturated heterocycles. The molecule has 0 aliphatic heterocycles. The highest BCUT2D eigenvalue weighted by Crippen LogP contribution is 2.27. The Hall–Kier alpha value is -3.48. The van der Waals surface area contributed by atoms with Crippen molar-refractivity contribution >= 4 is 28.5 Å². The van der Waals surface area contributed by atoms with E-state index in [4.69, 9.17) is 0 Å². The summed E-state index contributed by atoms with van der Waals surface area (Å²) >= 11 is 0. The number of rotatable bonds is 6. The Morgan fingerprint density at radius 2 is 1.78 bits per heavy atom. The van der Waals surface area contributed by atoms with E-state index < -0.39 is 0 Å². The molecule has 136 valence electrons. The third-order valence-corrected chi connectivity index (χ3v) is 4.07. The van der Waals surface area contributed by atoms with Crippen LogP contribution in [0.2, 0.25) is 0 Å². The van der Waals surface area contributed by atoms with Crippen LogP contribution in [0.25, 0.3) is 16.7 Å². The summed E-state index contributed by atoms with van der Waals surface area (Å²) in [6.45, 7) is 2.85. The number of para-hydroxylation sites is 1. The van der Waals surface area contributed by atoms with Crippen LogP contribution in [0.3, 0.4) is 0 Å². The van der Waals surface area contributed by atoms with E-state index in [1.54, 1.807) is 23.0 Å². The molecule has 2 heterocycles. The van der Waals surface area contributed by atoms with Gasteiger partial charge in [0.25, 0.3) is 0 Å². The second kappa shape index (κ2) is 7.41. The average Bonchev–Trinajstić information content (AvgIpc) is 3.13. The maximum atomic E-state index is 13.2. The standard InChI is InChI=1S/C20H19FN6/c1-2-12-22-20-25-18(24-15-10-8-14(21)9-11-15)17-13-23-27(19(17)26-20)16-6-4-3-5-7-16/h3-11,13H,2,12H2,1H3,(H2,22,24,25,26). The Morgan fingerprint density at radius 1 is 1.00 bits per heavy atom. The molecule has 2 aromatic carbocycles. The third kappa shape index (κ3) is 3.57. The number of hydrogen-bond donors (Lipinski definition) is 2. The van der Waals surface area contributed by atoms with Gasteiger partial charge in [0.15, 0.2) is 5.65 Å². The van der Waals surface area contributed by atoms with Gasteiger partial charge in [0.2, 0.25) is 5.95 Å². The van der Waals surface area contributed by atoms with Crippen molar-refractivity contribution in [1.82, 2.24) is 19.7 Å². The summed E-state index contributed by atoms with van der Waals surface area (Å²) in [6.07, 6.45) is 2.69. The lowest BCUT2D eigenvalue weighted by Crippen LogP contribution is -2.08. The van der Waals surface area contributed by atoms with E-state index in [2.05, 4.69) is 32.6 Å². The van der Waals surface area contributed by atoms with Gasteiger partial charge < -0.3 is 10.6 Å². The first kappa shape index (κ1) is 17.0. The fourth-order valence-electron chi connectivity index (χ4n) is 2.75. The SMILES string of the molecule is CCCNc1nc(Nc2ccc(F)cc2)c2cnn(-c3ccccc3)c2n1. The van der Waals surface area contributed by atoms with E-state index in [0.717, 1.165) is 29.7 Å². The van der Waals surface area contributed by atoms with Gasteiger partial charge in [-0.15, -0.1) is 0 Å². The first-order chi connectivity index (χ1) is 13.2. The van der Waals surface area contributed by atoms with Crippen molar-refractivity contribution in [2.24, 2.45) is 0 Å². The van der Waals surface area contributed by atoms with Crippen LogP contribution in [0.1, 0.15) is 13.3 Å². The number of nitrogens with zero attached hydrogens (tertiary/aromatic N) is 4. The van der Waals surface area contributed by atoms with E-state index >= 15 is 0 Å². The van der Waals surface area contributed by atoms with Crippen molar-refractivity contribution in [2.75, 3.05) is 17.2 Å². The van der Waals surface area contributed by atoms with Crippen LogP contribution in [0.15, 0.2) is 60.8 Å². The molecule has 0 radical (unpaired) electrons. The molecule has 0 spiro atoms. The van der Waals surface area contributed by atoms with Gasteiger partial charge in [-0.2, -0.15) is 15.1 Å². The minimum absolute atomic E-state index is 0.282. The number of halogens is 1. The molecule has 7 heteroatoms. The van der Waals surface area contributed by atoms with Gasteiger partial charge >= 0.3 is 0 Å². The molecule has 0 aliphatic rings. The highest BCUT2D eigenvalue weighted by atomic mass is 19.1. The summed E-state index contributed by atoms with van der Waals surface area (Å²) in [5.74, 6) is 0.856. The van der Waals surface area contributed by atoms with Crippen molar-refractivity contribution in [3.63, 3.8) is 0 Å². The molecule has 0 bridgehead atoms. The summed E-state index contributed by atoms with van der Waals surface area (Å²) < 4.78 is 15.0. The Balaban J connectivity index is 1.81. The monoisotopic (exact) mass is 362 g/mol. The summed E-state index contributed by atoms with van der Waals surface area (Å²) in [6, 6.07) is 16.0. The Morgan fingerprint density at radius 3 is 2.52 bits per heavy atom. The van der Waals surface area contributed by atoms with Gasteiger partial charge in [-0.25, -0.2) is 9.07 Å². The van der Waals surface area contributed by atoms with E-state index in [1.807, 2.05) is 30.3 Å². The van der Waals surface area contributed by atoms with E-state index in [-0.39, 0.29) is 5.82 Å². The van der Waals surface area contributed by atoms with Gasteiger partial charge in [-0.1, -0.05) is 25.1 Å². The first-order valence-electron chi connectivity index (χ1n) is 8.82. The van der Waals surface area contributed by atoms with E-state index in [9.17, 15) is 4.39 Å². The molecule has 6 nitrogen and oxygen atoms in total. The van der Waals surface area contributed by atoms with Crippen LogP contribution in [0.5, 0.6) is 0 Å². The van der Waals surface area contributed by atoms with Crippen LogP contribution >= 0.6 is 0 Å². The topological polar surface area (TPSA) is 67.7 Å². The largest absolute Gasteiger partial charge is 0.354 e. The molecule has 0 unspecified atom stereocenters. The molecular formula is C20H19FN6. The van der Waals surface area contributed by atoms with Crippen LogP contribution < -0.4 is 10.6 Å². The van der Waals surface area contributed by atoms with Crippen LogP contribution in [-0.2, 0) is 0 Å². The number of hydrogen-bond acceptors (Lipinski definition) is 5. The quantitative estimate of drug-likeness (QED) is 0.528. The predicted molar refractivity (Wildman–Crippen MR) is 105 cm³/mol. The Kier molecular flexibility index (Phi) is 4.65. The summed E-state index contributed by atoms with van der Waals surface area (Å²) in [5, 5.41) is 11.7. The summed E-state index contributed by atoms with van der Waals surface area (Å²) in [5.41, 5.74) is 2.35. The van der Waals surface area contributed by atoms with Crippen molar-refractivity contribution in [3.05, 3.63) is 66.6 Å². The predicted octanol–water partition coefficient (Wildman–Crippen LogP) is 4.52. The second-order valence-corrected chi connectivity index (χ2v) is 6.08.